The van der Waals surface area contributed by atoms with Crippen LogP contribution in [-0.4, -0.2) is 24.2 Å². The Morgan fingerprint density at radius 1 is 1.17 bits per heavy atom. The molecule has 0 saturated heterocycles. The van der Waals surface area contributed by atoms with Crippen molar-refractivity contribution in [1.29, 1.82) is 0 Å². The number of carbonyl (C=O) groups is 1. The van der Waals surface area contributed by atoms with Crippen molar-refractivity contribution in [2.75, 3.05) is 13.2 Å². The van der Waals surface area contributed by atoms with Gasteiger partial charge in [-0.3, -0.25) is 0 Å². The molecule has 9 heteroatoms. The van der Waals surface area contributed by atoms with E-state index in [-0.39, 0.29) is 25.0 Å². The van der Waals surface area contributed by atoms with Crippen molar-refractivity contribution in [3.8, 4) is 0 Å². The van der Waals surface area contributed by atoms with Crippen molar-refractivity contribution in [2.24, 2.45) is 0 Å². The second-order valence-electron chi connectivity index (χ2n) is 6.48. The minimum atomic E-state index is -4.64. The number of alkyl halides is 3. The molecule has 0 saturated carbocycles. The van der Waals surface area contributed by atoms with Gasteiger partial charge < -0.3 is 15.4 Å². The van der Waals surface area contributed by atoms with Gasteiger partial charge in [0.1, 0.15) is 12.4 Å². The summed E-state index contributed by atoms with van der Waals surface area (Å²) in [5.74, 6) is -1.30. The zero-order chi connectivity index (χ0) is 21.0. The van der Waals surface area contributed by atoms with E-state index in [2.05, 4.69) is 10.6 Å². The number of hydrogen-bond acceptors (Lipinski definition) is 3. The zero-order valence-electron chi connectivity index (χ0n) is 15.2. The summed E-state index contributed by atoms with van der Waals surface area (Å²) in [6, 6.07) is 9.22. The summed E-state index contributed by atoms with van der Waals surface area (Å²) in [6.45, 7) is -0.0444. The van der Waals surface area contributed by atoms with Crippen LogP contribution in [0.1, 0.15) is 39.5 Å². The first-order chi connectivity index (χ1) is 13.8. The summed E-state index contributed by atoms with van der Waals surface area (Å²) < 4.78 is 57.6. The van der Waals surface area contributed by atoms with Crippen molar-refractivity contribution in [3.05, 3.63) is 70.5 Å². The summed E-state index contributed by atoms with van der Waals surface area (Å²) in [7, 11) is 0. The Bertz CT molecular complexity index is 918. The van der Waals surface area contributed by atoms with E-state index >= 15 is 0 Å². The van der Waals surface area contributed by atoms with E-state index in [1.54, 1.807) is 6.07 Å². The highest BCUT2D eigenvalue weighted by atomic mass is 32.1. The maximum atomic E-state index is 13.8. The van der Waals surface area contributed by atoms with Crippen molar-refractivity contribution >= 4 is 23.3 Å². The van der Waals surface area contributed by atoms with Gasteiger partial charge in [-0.05, 0) is 54.4 Å². The monoisotopic (exact) mass is 426 g/mol. The Morgan fingerprint density at radius 3 is 2.69 bits per heavy atom. The van der Waals surface area contributed by atoms with Gasteiger partial charge in [-0.2, -0.15) is 13.2 Å². The average Bonchev–Trinajstić information content (AvgIpc) is 3.08. The van der Waals surface area contributed by atoms with Gasteiger partial charge in [0.25, 0.3) is 0 Å². The van der Waals surface area contributed by atoms with Gasteiger partial charge in [-0.15, -0.1) is 0 Å². The van der Waals surface area contributed by atoms with E-state index in [9.17, 15) is 22.4 Å². The van der Waals surface area contributed by atoms with E-state index in [1.165, 1.54) is 18.2 Å². The molecule has 0 bridgehead atoms. The van der Waals surface area contributed by atoms with Crippen LogP contribution in [0.5, 0.6) is 0 Å². The molecule has 4 nitrogen and oxygen atoms in total. The van der Waals surface area contributed by atoms with Crippen LogP contribution in [0.4, 0.5) is 17.6 Å². The Kier molecular flexibility index (Phi) is 6.36. The Morgan fingerprint density at radius 2 is 1.93 bits per heavy atom. The van der Waals surface area contributed by atoms with E-state index in [0.29, 0.717) is 23.5 Å². The molecule has 0 aromatic heterocycles. The largest absolute Gasteiger partial charge is 0.460 e. The Balaban J connectivity index is 1.47. The molecule has 154 valence electrons. The molecule has 0 radical (unpaired) electrons. The molecule has 0 spiro atoms. The molecule has 2 aromatic carbocycles. The molecule has 29 heavy (non-hydrogen) atoms. The predicted molar refractivity (Wildman–Crippen MR) is 103 cm³/mol. The highest BCUT2D eigenvalue weighted by Crippen LogP contribution is 2.33. The molecule has 1 aliphatic carbocycles. The number of halogens is 4. The first kappa shape index (κ1) is 21.0. The fraction of sp³-hybridized carbons (Fsp3) is 0.300. The number of hydrogen-bond donors (Lipinski definition) is 2. The molecule has 1 atom stereocenters. The van der Waals surface area contributed by atoms with Crippen LogP contribution in [0.15, 0.2) is 42.5 Å². The third-order valence-corrected chi connectivity index (χ3v) is 4.85. The molecule has 3 rings (SSSR count). The van der Waals surface area contributed by atoms with E-state index in [1.807, 2.05) is 6.07 Å². The number of thiocarbonyl (C=S) groups is 1. The van der Waals surface area contributed by atoms with Crippen LogP contribution in [0.25, 0.3) is 0 Å². The van der Waals surface area contributed by atoms with Gasteiger partial charge >= 0.3 is 12.1 Å². The van der Waals surface area contributed by atoms with Crippen molar-refractivity contribution in [2.45, 2.75) is 25.1 Å². The van der Waals surface area contributed by atoms with Crippen LogP contribution >= 0.6 is 12.2 Å². The Hall–Kier alpha value is -2.68. The molecular formula is C20H18F4N2O2S. The standard InChI is InChI=1S/C20H18F4N2O2S/c21-16-7-3-5-13-12(16)8-9-17(13)26-19(29)25-10-11-28-18(27)14-4-1-2-6-15(14)20(22,23)24/h1-7,17H,8-11H2,(H2,25,26,29). The maximum Gasteiger partial charge on any atom is 0.417 e. The maximum absolute atomic E-state index is 13.8. The van der Waals surface area contributed by atoms with Gasteiger partial charge in [-0.25, -0.2) is 9.18 Å². The van der Waals surface area contributed by atoms with Crippen LogP contribution in [0.2, 0.25) is 0 Å². The second-order valence-corrected chi connectivity index (χ2v) is 6.89. The molecule has 2 aromatic rings. The molecule has 0 amide bonds. The number of carbonyl (C=O) groups excluding carboxylic acids is 1. The normalized spacial score (nSPS) is 15.5. The van der Waals surface area contributed by atoms with Gasteiger partial charge in [0.05, 0.1) is 23.7 Å². The molecule has 1 unspecified atom stereocenters. The van der Waals surface area contributed by atoms with Crippen LogP contribution < -0.4 is 10.6 Å². The van der Waals surface area contributed by atoms with Crippen molar-refractivity contribution < 1.29 is 27.1 Å². The SMILES string of the molecule is O=C(OCCNC(=S)NC1CCc2c(F)cccc21)c1ccccc1C(F)(F)F. The summed E-state index contributed by atoms with van der Waals surface area (Å²) in [5.41, 5.74) is -0.0537. The van der Waals surface area contributed by atoms with Crippen molar-refractivity contribution in [3.63, 3.8) is 0 Å². The first-order valence-corrected chi connectivity index (χ1v) is 9.33. The highest BCUT2D eigenvalue weighted by Gasteiger charge is 2.35. The van der Waals surface area contributed by atoms with Crippen LogP contribution in [0, 0.1) is 5.82 Å². The summed E-state index contributed by atoms with van der Waals surface area (Å²) in [5, 5.41) is 6.20. The average molecular weight is 426 g/mol. The second kappa shape index (κ2) is 8.77. The molecule has 0 aliphatic heterocycles. The molecular weight excluding hydrogens is 408 g/mol. The topological polar surface area (TPSA) is 50.4 Å². The third kappa shape index (κ3) is 5.03. The lowest BCUT2D eigenvalue weighted by Crippen LogP contribution is -2.38. The minimum Gasteiger partial charge on any atom is -0.460 e. The predicted octanol–water partition coefficient (Wildman–Crippen LogP) is 4.15. The number of ether oxygens (including phenoxy) is 1. The lowest BCUT2D eigenvalue weighted by Gasteiger charge is -2.17. The fourth-order valence-corrected chi connectivity index (χ4v) is 3.51. The summed E-state index contributed by atoms with van der Waals surface area (Å²) >= 11 is 5.19. The van der Waals surface area contributed by atoms with Crippen LogP contribution in [-0.2, 0) is 17.3 Å². The summed E-state index contributed by atoms with van der Waals surface area (Å²) in [6.07, 6.45) is -3.34. The van der Waals surface area contributed by atoms with Gasteiger partial charge in [0, 0.05) is 0 Å². The van der Waals surface area contributed by atoms with Gasteiger partial charge in [-0.1, -0.05) is 24.3 Å². The Labute approximate surface area is 170 Å². The summed E-state index contributed by atoms with van der Waals surface area (Å²) in [4.78, 5) is 12.0. The first-order valence-electron chi connectivity index (χ1n) is 8.92. The molecule has 1 aliphatic rings. The minimum absolute atomic E-state index is 0.120. The molecule has 0 fully saturated rings. The lowest BCUT2D eigenvalue weighted by molar-refractivity contribution is -0.138. The fourth-order valence-electron chi connectivity index (χ4n) is 3.26. The number of fused-ring (bicyclic) bond motifs is 1. The lowest BCUT2D eigenvalue weighted by atomic mass is 10.1. The third-order valence-electron chi connectivity index (χ3n) is 4.59. The van der Waals surface area contributed by atoms with Crippen LogP contribution in [0.3, 0.4) is 0 Å². The van der Waals surface area contributed by atoms with E-state index < -0.39 is 23.3 Å². The highest BCUT2D eigenvalue weighted by molar-refractivity contribution is 7.80. The van der Waals surface area contributed by atoms with Crippen molar-refractivity contribution in [1.82, 2.24) is 10.6 Å². The molecule has 0 heterocycles. The quantitative estimate of drug-likeness (QED) is 0.326. The van der Waals surface area contributed by atoms with E-state index in [4.69, 9.17) is 17.0 Å². The van der Waals surface area contributed by atoms with Gasteiger partial charge in [0.15, 0.2) is 5.11 Å². The van der Waals surface area contributed by atoms with Gasteiger partial charge in [0.2, 0.25) is 0 Å². The number of esters is 1. The van der Waals surface area contributed by atoms with E-state index in [0.717, 1.165) is 17.7 Å². The smallest absolute Gasteiger partial charge is 0.417 e. The number of rotatable bonds is 5. The zero-order valence-corrected chi connectivity index (χ0v) is 16.0. The number of nitrogens with one attached hydrogen (secondary N) is 2. The number of benzene rings is 2. The molecule has 2 N–H and O–H groups in total.